The van der Waals surface area contributed by atoms with Crippen LogP contribution in [0.15, 0.2) is 53.0 Å². The number of para-hydroxylation sites is 1. The van der Waals surface area contributed by atoms with Crippen molar-refractivity contribution in [3.63, 3.8) is 0 Å². The Bertz CT molecular complexity index is 864. The summed E-state index contributed by atoms with van der Waals surface area (Å²) in [5, 5.41) is 0.851. The van der Waals surface area contributed by atoms with Crippen molar-refractivity contribution in [2.45, 2.75) is 0 Å². The second kappa shape index (κ2) is 5.33. The molecular formula is C16H8BrF2NO. The summed E-state index contributed by atoms with van der Waals surface area (Å²) in [6.45, 7) is 0. The maximum absolute atomic E-state index is 14.0. The predicted octanol–water partition coefficient (Wildman–Crippen LogP) is 4.51. The first-order valence-corrected chi connectivity index (χ1v) is 6.91. The van der Waals surface area contributed by atoms with Crippen molar-refractivity contribution in [2.75, 3.05) is 0 Å². The minimum absolute atomic E-state index is 0.00426. The molecule has 0 spiro atoms. The Labute approximate surface area is 127 Å². The molecule has 0 saturated carbocycles. The van der Waals surface area contributed by atoms with Crippen LogP contribution in [-0.4, -0.2) is 10.8 Å². The number of hydrogen-bond acceptors (Lipinski definition) is 2. The fraction of sp³-hybridized carbons (Fsp3) is 0. The third kappa shape index (κ3) is 2.45. The first-order valence-electron chi connectivity index (χ1n) is 6.12. The van der Waals surface area contributed by atoms with Crippen LogP contribution in [0.1, 0.15) is 16.1 Å². The number of fused-ring (bicyclic) bond motifs is 1. The van der Waals surface area contributed by atoms with Crippen molar-refractivity contribution in [3.05, 3.63) is 75.9 Å². The maximum atomic E-state index is 14.0. The predicted molar refractivity (Wildman–Crippen MR) is 79.2 cm³/mol. The Morgan fingerprint density at radius 2 is 1.76 bits per heavy atom. The van der Waals surface area contributed by atoms with Gasteiger partial charge in [-0.2, -0.15) is 0 Å². The molecule has 0 aliphatic heterocycles. The number of ketones is 1. The summed E-state index contributed by atoms with van der Waals surface area (Å²) in [7, 11) is 0. The highest BCUT2D eigenvalue weighted by Gasteiger charge is 2.22. The molecule has 0 bridgehead atoms. The van der Waals surface area contributed by atoms with Crippen LogP contribution in [0.25, 0.3) is 10.9 Å². The Balaban J connectivity index is 2.15. The minimum Gasteiger partial charge on any atom is -0.287 e. The van der Waals surface area contributed by atoms with Gasteiger partial charge < -0.3 is 0 Å². The standard InChI is InChI=1S/C16H8BrF2NO/c17-10-6-7-11(18)14(15(10)19)16(21)13-8-5-9-3-1-2-4-12(9)20-13/h1-8H. The van der Waals surface area contributed by atoms with Gasteiger partial charge in [0.25, 0.3) is 0 Å². The summed E-state index contributed by atoms with van der Waals surface area (Å²) >= 11 is 2.95. The molecule has 2 aromatic carbocycles. The Morgan fingerprint density at radius 1 is 1.00 bits per heavy atom. The van der Waals surface area contributed by atoms with Gasteiger partial charge in [0, 0.05) is 5.39 Å². The van der Waals surface area contributed by atoms with Crippen molar-refractivity contribution in [1.29, 1.82) is 0 Å². The zero-order valence-corrected chi connectivity index (χ0v) is 12.2. The minimum atomic E-state index is -0.921. The topological polar surface area (TPSA) is 30.0 Å². The molecule has 0 unspecified atom stereocenters. The van der Waals surface area contributed by atoms with Gasteiger partial charge in [0.1, 0.15) is 11.5 Å². The summed E-state index contributed by atoms with van der Waals surface area (Å²) in [5.74, 6) is -2.61. The number of benzene rings is 2. The van der Waals surface area contributed by atoms with Crippen LogP contribution in [0, 0.1) is 11.6 Å². The third-order valence-electron chi connectivity index (χ3n) is 3.10. The molecule has 0 aliphatic rings. The molecule has 21 heavy (non-hydrogen) atoms. The molecule has 2 nitrogen and oxygen atoms in total. The SMILES string of the molecule is O=C(c1ccc2ccccc2n1)c1c(F)ccc(Br)c1F. The summed E-state index contributed by atoms with van der Waals surface area (Å²) in [5.41, 5.74) is -0.00378. The normalized spacial score (nSPS) is 10.8. The van der Waals surface area contributed by atoms with E-state index in [0.29, 0.717) is 5.52 Å². The zero-order valence-electron chi connectivity index (χ0n) is 10.6. The molecule has 0 amide bonds. The smallest absolute Gasteiger partial charge is 0.217 e. The molecular weight excluding hydrogens is 340 g/mol. The van der Waals surface area contributed by atoms with Crippen molar-refractivity contribution in [2.24, 2.45) is 0 Å². The van der Waals surface area contributed by atoms with E-state index < -0.39 is 23.0 Å². The second-order valence-corrected chi connectivity index (χ2v) is 5.29. The van der Waals surface area contributed by atoms with Crippen molar-refractivity contribution >= 4 is 32.6 Å². The molecule has 0 saturated heterocycles. The lowest BCUT2D eigenvalue weighted by Gasteiger charge is -2.06. The first-order chi connectivity index (χ1) is 10.1. The highest BCUT2D eigenvalue weighted by molar-refractivity contribution is 9.10. The second-order valence-electron chi connectivity index (χ2n) is 4.44. The van der Waals surface area contributed by atoms with Crippen LogP contribution in [-0.2, 0) is 0 Å². The van der Waals surface area contributed by atoms with Crippen LogP contribution in [0.5, 0.6) is 0 Å². The molecule has 3 rings (SSSR count). The molecule has 0 atom stereocenters. The lowest BCUT2D eigenvalue weighted by molar-refractivity contribution is 0.102. The number of pyridine rings is 1. The fourth-order valence-corrected chi connectivity index (χ4v) is 2.39. The molecule has 104 valence electrons. The van der Waals surface area contributed by atoms with Crippen LogP contribution in [0.4, 0.5) is 8.78 Å². The highest BCUT2D eigenvalue weighted by Crippen LogP contribution is 2.24. The average Bonchev–Trinajstić information content (AvgIpc) is 2.51. The monoisotopic (exact) mass is 347 g/mol. The molecule has 0 aliphatic carbocycles. The van der Waals surface area contributed by atoms with Gasteiger partial charge in [0.15, 0.2) is 5.82 Å². The van der Waals surface area contributed by atoms with Gasteiger partial charge >= 0.3 is 0 Å². The van der Waals surface area contributed by atoms with E-state index in [4.69, 9.17) is 0 Å². The van der Waals surface area contributed by atoms with Gasteiger partial charge in [0.2, 0.25) is 5.78 Å². The number of hydrogen-bond donors (Lipinski definition) is 0. The van der Waals surface area contributed by atoms with Crippen LogP contribution >= 0.6 is 15.9 Å². The van der Waals surface area contributed by atoms with Gasteiger partial charge in [0.05, 0.1) is 15.6 Å². The van der Waals surface area contributed by atoms with E-state index in [-0.39, 0.29) is 10.2 Å². The largest absolute Gasteiger partial charge is 0.287 e. The lowest BCUT2D eigenvalue weighted by Crippen LogP contribution is -2.10. The molecule has 0 N–H and O–H groups in total. The number of rotatable bonds is 2. The molecule has 3 aromatic rings. The van der Waals surface area contributed by atoms with Gasteiger partial charge in [-0.15, -0.1) is 0 Å². The molecule has 5 heteroatoms. The van der Waals surface area contributed by atoms with E-state index in [0.717, 1.165) is 11.5 Å². The van der Waals surface area contributed by atoms with Crippen molar-refractivity contribution in [1.82, 2.24) is 4.98 Å². The Kier molecular flexibility index (Phi) is 3.51. The Hall–Kier alpha value is -2.14. The lowest BCUT2D eigenvalue weighted by atomic mass is 10.1. The summed E-state index contributed by atoms with van der Waals surface area (Å²) in [6, 6.07) is 12.6. The van der Waals surface area contributed by atoms with Crippen LogP contribution < -0.4 is 0 Å². The summed E-state index contributed by atoms with van der Waals surface area (Å²) < 4.78 is 27.8. The molecule has 1 heterocycles. The number of halogens is 3. The molecule has 1 aromatic heterocycles. The van der Waals surface area contributed by atoms with E-state index >= 15 is 0 Å². The van der Waals surface area contributed by atoms with Crippen molar-refractivity contribution < 1.29 is 13.6 Å². The van der Waals surface area contributed by atoms with Crippen LogP contribution in [0.3, 0.4) is 0 Å². The third-order valence-corrected chi connectivity index (χ3v) is 3.71. The average molecular weight is 348 g/mol. The van der Waals surface area contributed by atoms with Gasteiger partial charge in [-0.25, -0.2) is 13.8 Å². The van der Waals surface area contributed by atoms with Gasteiger partial charge in [-0.05, 0) is 40.2 Å². The molecule has 0 radical (unpaired) electrons. The number of carbonyl (C=O) groups excluding carboxylic acids is 1. The van der Waals surface area contributed by atoms with E-state index in [2.05, 4.69) is 20.9 Å². The van der Waals surface area contributed by atoms with E-state index in [9.17, 15) is 13.6 Å². The van der Waals surface area contributed by atoms with Crippen LogP contribution in [0.2, 0.25) is 0 Å². The quantitative estimate of drug-likeness (QED) is 0.504. The van der Waals surface area contributed by atoms with E-state index in [1.54, 1.807) is 18.2 Å². The zero-order chi connectivity index (χ0) is 15.0. The first kappa shape index (κ1) is 13.8. The maximum Gasteiger partial charge on any atom is 0.217 e. The summed E-state index contributed by atoms with van der Waals surface area (Å²) in [6.07, 6.45) is 0. The van der Waals surface area contributed by atoms with E-state index in [1.807, 2.05) is 12.1 Å². The van der Waals surface area contributed by atoms with E-state index in [1.165, 1.54) is 12.1 Å². The highest BCUT2D eigenvalue weighted by atomic mass is 79.9. The number of aromatic nitrogens is 1. The number of nitrogens with zero attached hydrogens (tertiary/aromatic N) is 1. The van der Waals surface area contributed by atoms with Gasteiger partial charge in [-0.3, -0.25) is 4.79 Å². The Morgan fingerprint density at radius 3 is 2.57 bits per heavy atom. The van der Waals surface area contributed by atoms with Gasteiger partial charge in [-0.1, -0.05) is 24.3 Å². The fourth-order valence-electron chi connectivity index (χ4n) is 2.06. The number of carbonyl (C=O) groups is 1. The summed E-state index contributed by atoms with van der Waals surface area (Å²) in [4.78, 5) is 16.5. The van der Waals surface area contributed by atoms with Crippen molar-refractivity contribution in [3.8, 4) is 0 Å². The molecule has 0 fully saturated rings.